The number of halogens is 1. The molecule has 21 heavy (non-hydrogen) atoms. The molecule has 1 aromatic rings. The Morgan fingerprint density at radius 1 is 1.48 bits per heavy atom. The smallest absolute Gasteiger partial charge is 0.258 e. The molecule has 1 aliphatic heterocycles. The minimum atomic E-state index is -0.545. The SMILES string of the molecule is C[C@H](O)CN1CCN(C(=O)c2cc(F)ccc2O)[C@@H](C)C1. The molecule has 1 aliphatic rings. The van der Waals surface area contributed by atoms with Gasteiger partial charge in [0.15, 0.2) is 0 Å². The Kier molecular flexibility index (Phi) is 4.80. The molecule has 1 heterocycles. The number of benzene rings is 1. The highest BCUT2D eigenvalue weighted by Crippen LogP contribution is 2.22. The fraction of sp³-hybridized carbons (Fsp3) is 0.533. The van der Waals surface area contributed by atoms with E-state index in [1.165, 1.54) is 6.07 Å². The van der Waals surface area contributed by atoms with Gasteiger partial charge in [-0.05, 0) is 32.0 Å². The van der Waals surface area contributed by atoms with Gasteiger partial charge >= 0.3 is 0 Å². The molecule has 2 atom stereocenters. The number of aliphatic hydroxyl groups is 1. The maximum atomic E-state index is 13.3. The number of β-amino-alcohol motifs (C(OH)–C–C–N with tert-alkyl or cyclic N) is 1. The van der Waals surface area contributed by atoms with Crippen LogP contribution in [-0.4, -0.2) is 64.2 Å². The highest BCUT2D eigenvalue weighted by atomic mass is 19.1. The van der Waals surface area contributed by atoms with Crippen molar-refractivity contribution in [2.45, 2.75) is 26.0 Å². The lowest BCUT2D eigenvalue weighted by molar-refractivity contribution is 0.0380. The van der Waals surface area contributed by atoms with Crippen LogP contribution in [-0.2, 0) is 0 Å². The van der Waals surface area contributed by atoms with E-state index in [0.29, 0.717) is 26.2 Å². The maximum absolute atomic E-state index is 13.3. The van der Waals surface area contributed by atoms with Crippen molar-refractivity contribution in [2.75, 3.05) is 26.2 Å². The standard InChI is InChI=1S/C15H21FN2O3/c1-10-8-17(9-11(2)19)5-6-18(10)15(21)13-7-12(16)3-4-14(13)20/h3-4,7,10-11,19-20H,5-6,8-9H2,1-2H3/t10-,11-/m0/s1. The minimum Gasteiger partial charge on any atom is -0.507 e. The fourth-order valence-corrected chi connectivity index (χ4v) is 2.71. The normalized spacial score (nSPS) is 21.3. The van der Waals surface area contributed by atoms with E-state index >= 15 is 0 Å². The van der Waals surface area contributed by atoms with Crippen LogP contribution < -0.4 is 0 Å². The van der Waals surface area contributed by atoms with Gasteiger partial charge in [0.25, 0.3) is 5.91 Å². The molecule has 0 saturated carbocycles. The number of phenols is 1. The number of aliphatic hydroxyl groups excluding tert-OH is 1. The first-order chi connectivity index (χ1) is 9.88. The quantitative estimate of drug-likeness (QED) is 0.875. The summed E-state index contributed by atoms with van der Waals surface area (Å²) in [7, 11) is 0. The zero-order valence-corrected chi connectivity index (χ0v) is 12.3. The average Bonchev–Trinajstić information content (AvgIpc) is 2.40. The first-order valence-corrected chi connectivity index (χ1v) is 7.08. The highest BCUT2D eigenvalue weighted by molar-refractivity contribution is 5.97. The van der Waals surface area contributed by atoms with Crippen LogP contribution in [0.4, 0.5) is 4.39 Å². The van der Waals surface area contributed by atoms with Crippen molar-refractivity contribution >= 4 is 5.91 Å². The number of amides is 1. The van der Waals surface area contributed by atoms with Crippen molar-refractivity contribution in [3.8, 4) is 5.75 Å². The van der Waals surface area contributed by atoms with Crippen molar-refractivity contribution in [3.05, 3.63) is 29.6 Å². The summed E-state index contributed by atoms with van der Waals surface area (Å²) in [4.78, 5) is 16.2. The number of phenolic OH excluding ortho intramolecular Hbond substituents is 1. The van der Waals surface area contributed by atoms with Gasteiger partial charge in [-0.15, -0.1) is 0 Å². The molecule has 0 bridgehead atoms. The van der Waals surface area contributed by atoms with Crippen LogP contribution in [0.1, 0.15) is 24.2 Å². The van der Waals surface area contributed by atoms with Crippen LogP contribution in [0.5, 0.6) is 5.75 Å². The lowest BCUT2D eigenvalue weighted by atomic mass is 10.1. The van der Waals surface area contributed by atoms with Gasteiger partial charge in [0.05, 0.1) is 11.7 Å². The third-order valence-corrected chi connectivity index (χ3v) is 3.68. The van der Waals surface area contributed by atoms with E-state index < -0.39 is 11.9 Å². The number of piperazine rings is 1. The van der Waals surface area contributed by atoms with E-state index in [9.17, 15) is 19.4 Å². The van der Waals surface area contributed by atoms with E-state index in [0.717, 1.165) is 12.1 Å². The van der Waals surface area contributed by atoms with Crippen LogP contribution in [0.25, 0.3) is 0 Å². The van der Waals surface area contributed by atoms with Crippen molar-refractivity contribution in [1.29, 1.82) is 0 Å². The van der Waals surface area contributed by atoms with Crippen molar-refractivity contribution in [1.82, 2.24) is 9.80 Å². The summed E-state index contributed by atoms with van der Waals surface area (Å²) in [6, 6.07) is 3.31. The Bertz CT molecular complexity index is 522. The lowest BCUT2D eigenvalue weighted by Crippen LogP contribution is -2.55. The second kappa shape index (κ2) is 6.41. The molecule has 1 saturated heterocycles. The lowest BCUT2D eigenvalue weighted by Gasteiger charge is -2.40. The van der Waals surface area contributed by atoms with Gasteiger partial charge in [-0.2, -0.15) is 0 Å². The number of carbonyl (C=O) groups excluding carboxylic acids is 1. The number of hydrogen-bond donors (Lipinski definition) is 2. The van der Waals surface area contributed by atoms with Crippen LogP contribution in [0.2, 0.25) is 0 Å². The number of carbonyl (C=O) groups is 1. The molecule has 5 nitrogen and oxygen atoms in total. The van der Waals surface area contributed by atoms with Gasteiger partial charge in [-0.25, -0.2) is 4.39 Å². The molecule has 1 amide bonds. The highest BCUT2D eigenvalue weighted by Gasteiger charge is 2.29. The van der Waals surface area contributed by atoms with Crippen LogP contribution in [0.3, 0.4) is 0 Å². The summed E-state index contributed by atoms with van der Waals surface area (Å²) in [5.41, 5.74) is -0.00849. The van der Waals surface area contributed by atoms with E-state index in [-0.39, 0.29) is 23.3 Å². The third kappa shape index (κ3) is 3.71. The number of hydrogen-bond acceptors (Lipinski definition) is 4. The van der Waals surface area contributed by atoms with Crippen molar-refractivity contribution < 1.29 is 19.4 Å². The van der Waals surface area contributed by atoms with E-state index in [4.69, 9.17) is 0 Å². The molecular weight excluding hydrogens is 275 g/mol. The minimum absolute atomic E-state index is 0.00849. The second-order valence-corrected chi connectivity index (χ2v) is 5.62. The van der Waals surface area contributed by atoms with Gasteiger partial charge in [0.2, 0.25) is 0 Å². The molecule has 0 aliphatic carbocycles. The molecular formula is C15H21FN2O3. The van der Waals surface area contributed by atoms with E-state index in [1.54, 1.807) is 11.8 Å². The van der Waals surface area contributed by atoms with Gasteiger partial charge in [0.1, 0.15) is 11.6 Å². The second-order valence-electron chi connectivity index (χ2n) is 5.62. The largest absolute Gasteiger partial charge is 0.507 e. The molecule has 2 rings (SSSR count). The summed E-state index contributed by atoms with van der Waals surface area (Å²) in [6.45, 7) is 5.99. The Balaban J connectivity index is 2.09. The monoisotopic (exact) mass is 296 g/mol. The average molecular weight is 296 g/mol. The first kappa shape index (κ1) is 15.7. The van der Waals surface area contributed by atoms with Gasteiger partial charge in [-0.3, -0.25) is 9.69 Å². The summed E-state index contributed by atoms with van der Waals surface area (Å²) in [5.74, 6) is -1.12. The Morgan fingerprint density at radius 3 is 2.81 bits per heavy atom. The number of nitrogens with zero attached hydrogens (tertiary/aromatic N) is 2. The molecule has 1 aromatic carbocycles. The summed E-state index contributed by atoms with van der Waals surface area (Å²) in [6.07, 6.45) is -0.410. The predicted octanol–water partition coefficient (Wildman–Crippen LogP) is 1.06. The van der Waals surface area contributed by atoms with Gasteiger partial charge < -0.3 is 15.1 Å². The summed E-state index contributed by atoms with van der Waals surface area (Å²) in [5, 5.41) is 19.1. The van der Waals surface area contributed by atoms with Gasteiger partial charge in [0, 0.05) is 32.2 Å². The van der Waals surface area contributed by atoms with E-state index in [1.807, 2.05) is 6.92 Å². The topological polar surface area (TPSA) is 64.0 Å². The van der Waals surface area contributed by atoms with Crippen LogP contribution in [0.15, 0.2) is 18.2 Å². The Hall–Kier alpha value is -1.66. The number of rotatable bonds is 3. The molecule has 0 radical (unpaired) electrons. The molecule has 0 unspecified atom stereocenters. The zero-order valence-electron chi connectivity index (χ0n) is 12.3. The summed E-state index contributed by atoms with van der Waals surface area (Å²) < 4.78 is 13.3. The van der Waals surface area contributed by atoms with Crippen molar-refractivity contribution in [3.63, 3.8) is 0 Å². The van der Waals surface area contributed by atoms with Crippen molar-refractivity contribution in [2.24, 2.45) is 0 Å². The maximum Gasteiger partial charge on any atom is 0.258 e. The predicted molar refractivity (Wildman–Crippen MR) is 76.7 cm³/mol. The molecule has 1 fully saturated rings. The molecule has 0 spiro atoms. The fourth-order valence-electron chi connectivity index (χ4n) is 2.71. The molecule has 0 aromatic heterocycles. The van der Waals surface area contributed by atoms with Gasteiger partial charge in [-0.1, -0.05) is 0 Å². The summed E-state index contributed by atoms with van der Waals surface area (Å²) >= 11 is 0. The van der Waals surface area contributed by atoms with Crippen LogP contribution in [0, 0.1) is 5.82 Å². The van der Waals surface area contributed by atoms with Crippen LogP contribution >= 0.6 is 0 Å². The van der Waals surface area contributed by atoms with E-state index in [2.05, 4.69) is 4.90 Å². The molecule has 6 heteroatoms. The zero-order chi connectivity index (χ0) is 15.6. The first-order valence-electron chi connectivity index (χ1n) is 7.08. The Labute approximate surface area is 123 Å². The third-order valence-electron chi connectivity index (χ3n) is 3.68. The molecule has 116 valence electrons. The Morgan fingerprint density at radius 2 is 2.19 bits per heavy atom. The number of aromatic hydroxyl groups is 1. The molecule has 2 N–H and O–H groups in total.